The third-order valence-corrected chi connectivity index (χ3v) is 5.14. The van der Waals surface area contributed by atoms with Gasteiger partial charge in [-0.05, 0) is 48.6 Å². The Morgan fingerprint density at radius 3 is 2.38 bits per heavy atom. The van der Waals surface area contributed by atoms with E-state index < -0.39 is 0 Å². The fourth-order valence-electron chi connectivity index (χ4n) is 3.69. The topological polar surface area (TPSA) is 67.8 Å². The number of rotatable bonds is 8. The normalized spacial score (nSPS) is 13.0. The van der Waals surface area contributed by atoms with Crippen molar-refractivity contribution in [1.82, 2.24) is 14.9 Å². The second-order valence-corrected chi connectivity index (χ2v) is 7.18. The summed E-state index contributed by atoms with van der Waals surface area (Å²) in [5.41, 5.74) is 2.71. The predicted molar refractivity (Wildman–Crippen MR) is 113 cm³/mol. The first-order valence-corrected chi connectivity index (χ1v) is 10.2. The summed E-state index contributed by atoms with van der Waals surface area (Å²) in [6.45, 7) is 7.20. The van der Waals surface area contributed by atoms with E-state index in [9.17, 15) is 4.79 Å². The molecule has 0 fully saturated rings. The second-order valence-electron chi connectivity index (χ2n) is 7.18. The van der Waals surface area contributed by atoms with Crippen molar-refractivity contribution in [1.29, 1.82) is 0 Å². The maximum atomic E-state index is 13.1. The van der Waals surface area contributed by atoms with E-state index in [0.717, 1.165) is 43.7 Å². The first-order chi connectivity index (χ1) is 14.1. The van der Waals surface area contributed by atoms with E-state index in [4.69, 9.17) is 9.47 Å². The van der Waals surface area contributed by atoms with Gasteiger partial charge in [0.2, 0.25) is 5.95 Å². The number of aromatic nitrogens is 2. The highest BCUT2D eigenvalue weighted by Gasteiger charge is 2.25. The molecule has 156 valence electrons. The van der Waals surface area contributed by atoms with Gasteiger partial charge in [-0.2, -0.15) is 0 Å². The number of carbonyl (C=O) groups excluding carboxylic acids is 1. The molecule has 1 aromatic carbocycles. The molecule has 0 radical (unpaired) electrons. The van der Waals surface area contributed by atoms with E-state index in [1.54, 1.807) is 26.5 Å². The zero-order valence-corrected chi connectivity index (χ0v) is 17.8. The summed E-state index contributed by atoms with van der Waals surface area (Å²) in [5.74, 6) is 1.96. The molecule has 1 aliphatic heterocycles. The van der Waals surface area contributed by atoms with Gasteiger partial charge in [-0.1, -0.05) is 13.8 Å². The van der Waals surface area contributed by atoms with E-state index in [-0.39, 0.29) is 5.91 Å². The van der Waals surface area contributed by atoms with Crippen molar-refractivity contribution in [3.8, 4) is 11.5 Å². The number of ether oxygens (including phenoxy) is 2. The predicted octanol–water partition coefficient (Wildman–Crippen LogP) is 3.32. The molecular weight excluding hydrogens is 368 g/mol. The lowest BCUT2D eigenvalue weighted by molar-refractivity contribution is 0.0728. The molecule has 0 spiro atoms. The lowest BCUT2D eigenvalue weighted by atomic mass is 9.98. The summed E-state index contributed by atoms with van der Waals surface area (Å²) >= 11 is 0. The smallest absolute Gasteiger partial charge is 0.272 e. The van der Waals surface area contributed by atoms with E-state index in [1.165, 1.54) is 5.56 Å². The van der Waals surface area contributed by atoms with E-state index in [1.807, 2.05) is 17.0 Å². The van der Waals surface area contributed by atoms with Crippen LogP contribution in [0.4, 0.5) is 5.95 Å². The number of hydrogen-bond acceptors (Lipinski definition) is 6. The van der Waals surface area contributed by atoms with Crippen molar-refractivity contribution in [2.75, 3.05) is 38.8 Å². The highest BCUT2D eigenvalue weighted by atomic mass is 16.5. The van der Waals surface area contributed by atoms with Gasteiger partial charge in [0.25, 0.3) is 5.91 Å². The minimum Gasteiger partial charge on any atom is -0.493 e. The van der Waals surface area contributed by atoms with Crippen molar-refractivity contribution < 1.29 is 14.3 Å². The molecule has 2 aromatic rings. The van der Waals surface area contributed by atoms with Crippen LogP contribution in [0.5, 0.6) is 11.5 Å². The van der Waals surface area contributed by atoms with Crippen molar-refractivity contribution >= 4 is 11.9 Å². The number of amides is 1. The maximum Gasteiger partial charge on any atom is 0.272 e. The summed E-state index contributed by atoms with van der Waals surface area (Å²) < 4.78 is 10.8. The molecule has 0 N–H and O–H groups in total. The number of anilines is 1. The molecule has 0 bridgehead atoms. The minimum atomic E-state index is -0.0676. The van der Waals surface area contributed by atoms with Crippen LogP contribution in [0.2, 0.25) is 0 Å². The summed E-state index contributed by atoms with van der Waals surface area (Å²) in [6.07, 6.45) is 4.47. The zero-order valence-electron chi connectivity index (χ0n) is 17.8. The molecule has 1 amide bonds. The molecule has 2 heterocycles. The molecule has 1 aliphatic rings. The van der Waals surface area contributed by atoms with Gasteiger partial charge in [0.05, 0.1) is 14.2 Å². The van der Waals surface area contributed by atoms with E-state index in [0.29, 0.717) is 30.5 Å². The van der Waals surface area contributed by atoms with E-state index in [2.05, 4.69) is 28.7 Å². The first-order valence-electron chi connectivity index (χ1n) is 10.2. The highest BCUT2D eigenvalue weighted by Crippen LogP contribution is 2.33. The molecule has 0 saturated heterocycles. The summed E-state index contributed by atoms with van der Waals surface area (Å²) in [6, 6.07) is 5.67. The molecule has 0 atom stereocenters. The number of benzene rings is 1. The lowest BCUT2D eigenvalue weighted by Gasteiger charge is -2.29. The summed E-state index contributed by atoms with van der Waals surface area (Å²) in [4.78, 5) is 26.1. The van der Waals surface area contributed by atoms with Gasteiger partial charge in [0.1, 0.15) is 5.69 Å². The molecule has 0 unspecified atom stereocenters. The molecule has 0 aliphatic carbocycles. The minimum absolute atomic E-state index is 0.0676. The Balaban J connectivity index is 1.80. The fourth-order valence-corrected chi connectivity index (χ4v) is 3.69. The monoisotopic (exact) mass is 398 g/mol. The Morgan fingerprint density at radius 1 is 1.10 bits per heavy atom. The van der Waals surface area contributed by atoms with Crippen LogP contribution in [0.15, 0.2) is 24.4 Å². The average Bonchev–Trinajstić information content (AvgIpc) is 2.77. The summed E-state index contributed by atoms with van der Waals surface area (Å²) in [7, 11) is 3.26. The van der Waals surface area contributed by atoms with Crippen LogP contribution < -0.4 is 14.4 Å². The van der Waals surface area contributed by atoms with Gasteiger partial charge in [-0.3, -0.25) is 4.79 Å². The standard InChI is InChI=1S/C22H30N4O3/c1-5-10-25(11-6-2)22-23-9-7-18(24-22)21(27)26-12-8-16-13-19(28-3)20(29-4)14-17(16)15-26/h7,9,13-14H,5-6,8,10-12,15H2,1-4H3. The van der Waals surface area contributed by atoms with Gasteiger partial charge >= 0.3 is 0 Å². The Morgan fingerprint density at radius 2 is 1.76 bits per heavy atom. The first kappa shape index (κ1) is 20.9. The van der Waals surface area contributed by atoms with Gasteiger partial charge in [-0.15, -0.1) is 0 Å². The van der Waals surface area contributed by atoms with E-state index >= 15 is 0 Å². The average molecular weight is 399 g/mol. The molecule has 1 aromatic heterocycles. The number of fused-ring (bicyclic) bond motifs is 1. The summed E-state index contributed by atoms with van der Waals surface area (Å²) in [5, 5.41) is 0. The van der Waals surface area contributed by atoms with Crippen LogP contribution in [0, 0.1) is 0 Å². The van der Waals surface area contributed by atoms with Crippen LogP contribution in [0.1, 0.15) is 48.3 Å². The Labute approximate surface area is 172 Å². The van der Waals surface area contributed by atoms with Crippen LogP contribution in [-0.2, 0) is 13.0 Å². The van der Waals surface area contributed by atoms with Gasteiger partial charge in [0.15, 0.2) is 11.5 Å². The molecule has 7 nitrogen and oxygen atoms in total. The Bertz CT molecular complexity index is 850. The lowest BCUT2D eigenvalue weighted by Crippen LogP contribution is -2.37. The Hall–Kier alpha value is -2.83. The van der Waals surface area contributed by atoms with Crippen molar-refractivity contribution in [2.45, 2.75) is 39.7 Å². The number of hydrogen-bond donors (Lipinski definition) is 0. The van der Waals surface area contributed by atoms with Gasteiger partial charge in [-0.25, -0.2) is 9.97 Å². The van der Waals surface area contributed by atoms with Gasteiger partial charge in [0, 0.05) is 32.4 Å². The number of nitrogens with zero attached hydrogens (tertiary/aromatic N) is 4. The largest absolute Gasteiger partial charge is 0.493 e. The fraction of sp³-hybridized carbons (Fsp3) is 0.500. The van der Waals surface area contributed by atoms with Crippen LogP contribution in [0.25, 0.3) is 0 Å². The van der Waals surface area contributed by atoms with Crippen molar-refractivity contribution in [3.63, 3.8) is 0 Å². The third kappa shape index (κ3) is 4.60. The maximum absolute atomic E-state index is 13.1. The molecular formula is C22H30N4O3. The van der Waals surface area contributed by atoms with Crippen LogP contribution in [-0.4, -0.2) is 54.6 Å². The van der Waals surface area contributed by atoms with Crippen LogP contribution >= 0.6 is 0 Å². The number of methoxy groups -OCH3 is 2. The van der Waals surface area contributed by atoms with Crippen molar-refractivity contribution in [2.24, 2.45) is 0 Å². The second kappa shape index (κ2) is 9.58. The zero-order chi connectivity index (χ0) is 20.8. The van der Waals surface area contributed by atoms with Gasteiger partial charge < -0.3 is 19.3 Å². The molecule has 3 rings (SSSR count). The highest BCUT2D eigenvalue weighted by molar-refractivity contribution is 5.92. The van der Waals surface area contributed by atoms with Crippen molar-refractivity contribution in [3.05, 3.63) is 41.2 Å². The van der Waals surface area contributed by atoms with Crippen LogP contribution in [0.3, 0.4) is 0 Å². The Kier molecular flexibility index (Phi) is 6.90. The molecule has 29 heavy (non-hydrogen) atoms. The third-order valence-electron chi connectivity index (χ3n) is 5.14. The SMILES string of the molecule is CCCN(CCC)c1nccc(C(=O)N2CCc3cc(OC)c(OC)cc3C2)n1. The number of carbonyl (C=O) groups is 1. The quantitative estimate of drug-likeness (QED) is 0.680. The molecule has 7 heteroatoms. The molecule has 0 saturated carbocycles.